The van der Waals surface area contributed by atoms with E-state index >= 15 is 0 Å². The van der Waals surface area contributed by atoms with Gasteiger partial charge in [-0.3, -0.25) is 0 Å². The van der Waals surface area contributed by atoms with Crippen LogP contribution >= 0.6 is 22.9 Å². The van der Waals surface area contributed by atoms with E-state index in [0.717, 1.165) is 10.4 Å². The van der Waals surface area contributed by atoms with Gasteiger partial charge in [-0.2, -0.15) is 0 Å². The molecule has 1 heterocycles. The minimum atomic E-state index is -0.918. The number of carbonyl (C=O) groups is 1. The summed E-state index contributed by atoms with van der Waals surface area (Å²) in [6, 6.07) is 8.51. The van der Waals surface area contributed by atoms with E-state index in [1.54, 1.807) is 24.3 Å². The van der Waals surface area contributed by atoms with E-state index in [1.807, 2.05) is 11.4 Å². The van der Waals surface area contributed by atoms with Crippen molar-refractivity contribution in [1.82, 2.24) is 0 Å². The van der Waals surface area contributed by atoms with Gasteiger partial charge in [-0.25, -0.2) is 4.79 Å². The van der Waals surface area contributed by atoms with Gasteiger partial charge in [0.25, 0.3) is 0 Å². The highest BCUT2D eigenvalue weighted by Gasteiger charge is 2.06. The lowest BCUT2D eigenvalue weighted by Gasteiger charge is -1.99. The summed E-state index contributed by atoms with van der Waals surface area (Å²) < 4.78 is 0. The first-order chi connectivity index (χ1) is 7.18. The van der Waals surface area contributed by atoms with Crippen LogP contribution in [0, 0.1) is 0 Å². The Morgan fingerprint density at radius 1 is 1.20 bits per heavy atom. The summed E-state index contributed by atoms with van der Waals surface area (Å²) in [5.74, 6) is -0.918. The largest absolute Gasteiger partial charge is 0.478 e. The summed E-state index contributed by atoms with van der Waals surface area (Å²) in [6.07, 6.45) is 0. The van der Waals surface area contributed by atoms with Crippen molar-refractivity contribution in [3.63, 3.8) is 0 Å². The summed E-state index contributed by atoms with van der Waals surface area (Å²) in [6.45, 7) is 0. The van der Waals surface area contributed by atoms with Gasteiger partial charge in [0.2, 0.25) is 0 Å². The Hall–Kier alpha value is -1.32. The molecule has 15 heavy (non-hydrogen) atoms. The number of benzene rings is 1. The Balaban J connectivity index is 2.40. The Labute approximate surface area is 95.8 Å². The van der Waals surface area contributed by atoms with E-state index in [0.29, 0.717) is 5.02 Å². The molecular formula is C11H7ClO2S. The minimum Gasteiger partial charge on any atom is -0.478 e. The fourth-order valence-corrected chi connectivity index (χ4v) is 2.44. The molecule has 76 valence electrons. The quantitative estimate of drug-likeness (QED) is 0.865. The molecule has 0 radical (unpaired) electrons. The molecule has 0 fully saturated rings. The third-order valence-electron chi connectivity index (χ3n) is 2.01. The molecule has 0 spiro atoms. The van der Waals surface area contributed by atoms with Crippen LogP contribution < -0.4 is 0 Å². The van der Waals surface area contributed by atoms with Crippen molar-refractivity contribution in [2.45, 2.75) is 0 Å². The van der Waals surface area contributed by atoms with Crippen LogP contribution in [0.4, 0.5) is 0 Å². The maximum absolute atomic E-state index is 10.6. The Kier molecular flexibility index (Phi) is 2.75. The van der Waals surface area contributed by atoms with Crippen molar-refractivity contribution in [2.24, 2.45) is 0 Å². The first kappa shape index (κ1) is 10.2. The molecule has 2 nitrogen and oxygen atoms in total. The van der Waals surface area contributed by atoms with E-state index in [2.05, 4.69) is 0 Å². The number of aromatic carboxylic acids is 1. The smallest absolute Gasteiger partial charge is 0.335 e. The van der Waals surface area contributed by atoms with Gasteiger partial charge >= 0.3 is 5.97 Å². The van der Waals surface area contributed by atoms with E-state index in [9.17, 15) is 4.79 Å². The van der Waals surface area contributed by atoms with Gasteiger partial charge in [0.1, 0.15) is 0 Å². The third-order valence-corrected chi connectivity index (χ3v) is 3.40. The second-order valence-corrected chi connectivity index (χ2v) is 4.30. The normalized spacial score (nSPS) is 10.2. The number of carboxylic acids is 1. The molecule has 0 aliphatic rings. The summed E-state index contributed by atoms with van der Waals surface area (Å²) in [4.78, 5) is 11.6. The second kappa shape index (κ2) is 4.04. The lowest BCUT2D eigenvalue weighted by Crippen LogP contribution is -1.94. The van der Waals surface area contributed by atoms with Gasteiger partial charge in [0.05, 0.1) is 15.5 Å². The zero-order chi connectivity index (χ0) is 10.8. The number of thiophene rings is 1. The standard InChI is InChI=1S/C11H7ClO2S/c12-9-5-6-15-10(9)7-1-3-8(4-2-7)11(13)14/h1-6H,(H,13,14). The van der Waals surface area contributed by atoms with Gasteiger partial charge in [-0.05, 0) is 29.1 Å². The Morgan fingerprint density at radius 3 is 2.33 bits per heavy atom. The van der Waals surface area contributed by atoms with E-state index in [4.69, 9.17) is 16.7 Å². The highest BCUT2D eigenvalue weighted by atomic mass is 35.5. The fourth-order valence-electron chi connectivity index (χ4n) is 1.26. The van der Waals surface area contributed by atoms with Gasteiger partial charge in [-0.15, -0.1) is 11.3 Å². The van der Waals surface area contributed by atoms with Crippen LogP contribution in [0.1, 0.15) is 10.4 Å². The molecule has 0 saturated carbocycles. The Bertz CT molecular complexity index is 488. The maximum atomic E-state index is 10.6. The summed E-state index contributed by atoms with van der Waals surface area (Å²) >= 11 is 7.51. The number of hydrogen-bond donors (Lipinski definition) is 1. The van der Waals surface area contributed by atoms with E-state index in [-0.39, 0.29) is 5.56 Å². The number of carboxylic acid groups (broad SMARTS) is 1. The fraction of sp³-hybridized carbons (Fsp3) is 0. The predicted octanol–water partition coefficient (Wildman–Crippen LogP) is 3.77. The van der Waals surface area contributed by atoms with E-state index in [1.165, 1.54) is 11.3 Å². The van der Waals surface area contributed by atoms with Gasteiger partial charge < -0.3 is 5.11 Å². The summed E-state index contributed by atoms with van der Waals surface area (Å²) in [5, 5.41) is 11.3. The Morgan fingerprint density at radius 2 is 1.87 bits per heavy atom. The predicted molar refractivity (Wildman–Crippen MR) is 61.7 cm³/mol. The molecule has 0 atom stereocenters. The average Bonchev–Trinajstić information content (AvgIpc) is 2.65. The van der Waals surface area contributed by atoms with Crippen molar-refractivity contribution in [3.8, 4) is 10.4 Å². The first-order valence-corrected chi connectivity index (χ1v) is 5.51. The van der Waals surface area contributed by atoms with Crippen LogP contribution in [0.5, 0.6) is 0 Å². The van der Waals surface area contributed by atoms with Gasteiger partial charge in [0.15, 0.2) is 0 Å². The van der Waals surface area contributed by atoms with Crippen LogP contribution in [0.25, 0.3) is 10.4 Å². The van der Waals surface area contributed by atoms with Crippen molar-refractivity contribution >= 4 is 28.9 Å². The molecule has 1 N–H and O–H groups in total. The van der Waals surface area contributed by atoms with Crippen molar-refractivity contribution < 1.29 is 9.90 Å². The maximum Gasteiger partial charge on any atom is 0.335 e. The molecule has 0 amide bonds. The monoisotopic (exact) mass is 238 g/mol. The summed E-state index contributed by atoms with van der Waals surface area (Å²) in [7, 11) is 0. The van der Waals surface area contributed by atoms with E-state index < -0.39 is 5.97 Å². The highest BCUT2D eigenvalue weighted by molar-refractivity contribution is 7.14. The van der Waals surface area contributed by atoms with Crippen LogP contribution in [0.2, 0.25) is 5.02 Å². The SMILES string of the molecule is O=C(O)c1ccc(-c2sccc2Cl)cc1. The van der Waals surface area contributed by atoms with Crippen LogP contribution in [0.15, 0.2) is 35.7 Å². The van der Waals surface area contributed by atoms with Crippen molar-refractivity contribution in [1.29, 1.82) is 0 Å². The lowest BCUT2D eigenvalue weighted by atomic mass is 10.1. The molecule has 0 aliphatic heterocycles. The van der Waals surface area contributed by atoms with Crippen LogP contribution in [-0.2, 0) is 0 Å². The second-order valence-electron chi connectivity index (χ2n) is 2.98. The highest BCUT2D eigenvalue weighted by Crippen LogP contribution is 2.33. The molecule has 1 aromatic carbocycles. The summed E-state index contributed by atoms with van der Waals surface area (Å²) in [5.41, 5.74) is 1.23. The zero-order valence-corrected chi connectivity index (χ0v) is 9.18. The van der Waals surface area contributed by atoms with Crippen molar-refractivity contribution in [2.75, 3.05) is 0 Å². The topological polar surface area (TPSA) is 37.3 Å². The molecule has 1 aromatic heterocycles. The first-order valence-electron chi connectivity index (χ1n) is 4.25. The average molecular weight is 239 g/mol. The number of halogens is 1. The van der Waals surface area contributed by atoms with Crippen molar-refractivity contribution in [3.05, 3.63) is 46.3 Å². The van der Waals surface area contributed by atoms with Gasteiger partial charge in [0, 0.05) is 0 Å². The van der Waals surface area contributed by atoms with Gasteiger partial charge in [-0.1, -0.05) is 23.7 Å². The third kappa shape index (κ3) is 2.03. The molecular weight excluding hydrogens is 232 g/mol. The molecule has 0 unspecified atom stereocenters. The van der Waals surface area contributed by atoms with Crippen LogP contribution in [-0.4, -0.2) is 11.1 Å². The van der Waals surface area contributed by atoms with Crippen LogP contribution in [0.3, 0.4) is 0 Å². The molecule has 2 rings (SSSR count). The molecule has 2 aromatic rings. The zero-order valence-electron chi connectivity index (χ0n) is 7.61. The molecule has 0 saturated heterocycles. The molecule has 4 heteroatoms. The minimum absolute atomic E-state index is 0.284. The lowest BCUT2D eigenvalue weighted by molar-refractivity contribution is 0.0697. The molecule has 0 bridgehead atoms. The number of hydrogen-bond acceptors (Lipinski definition) is 2. The number of rotatable bonds is 2. The molecule has 0 aliphatic carbocycles.